The third-order valence-electron chi connectivity index (χ3n) is 5.04. The molecule has 1 unspecified atom stereocenters. The van der Waals surface area contributed by atoms with Crippen LogP contribution in [-0.4, -0.2) is 13.9 Å². The van der Waals surface area contributed by atoms with Crippen molar-refractivity contribution in [2.24, 2.45) is 0 Å². The predicted molar refractivity (Wildman–Crippen MR) is 128 cm³/mol. The van der Waals surface area contributed by atoms with Crippen LogP contribution in [-0.2, 0) is 5.92 Å². The van der Waals surface area contributed by atoms with Crippen LogP contribution in [0.3, 0.4) is 0 Å². The lowest BCUT2D eigenvalue weighted by Gasteiger charge is -2.17. The van der Waals surface area contributed by atoms with E-state index in [2.05, 4.69) is 9.97 Å². The molecule has 0 aliphatic rings. The summed E-state index contributed by atoms with van der Waals surface area (Å²) < 4.78 is 30.1. The van der Waals surface area contributed by atoms with E-state index in [-0.39, 0.29) is 10.8 Å². The number of benzene rings is 1. The number of fused-ring (bicyclic) bond motifs is 1. The van der Waals surface area contributed by atoms with E-state index in [9.17, 15) is 8.78 Å². The third kappa shape index (κ3) is 4.34. The molecule has 0 fully saturated rings. The maximum absolute atomic E-state index is 14.2. The minimum absolute atomic E-state index is 0.188. The van der Waals surface area contributed by atoms with E-state index in [1.54, 1.807) is 17.1 Å². The van der Waals surface area contributed by atoms with Gasteiger partial charge in [0.2, 0.25) is 0 Å². The second kappa shape index (κ2) is 8.82. The molecule has 4 aromatic rings. The molecule has 0 aliphatic carbocycles. The van der Waals surface area contributed by atoms with Crippen LogP contribution in [0.2, 0.25) is 10.2 Å². The van der Waals surface area contributed by atoms with E-state index in [1.807, 2.05) is 43.3 Å². The zero-order valence-corrected chi connectivity index (χ0v) is 20.4. The number of nitrogens with zero attached hydrogens (tertiary/aromatic N) is 3. The van der Waals surface area contributed by atoms with Crippen molar-refractivity contribution in [2.75, 3.05) is 0 Å². The number of aromatic nitrogens is 3. The quantitative estimate of drug-likeness (QED) is 0.199. The second-order valence-corrected chi connectivity index (χ2v) is 9.73. The molecule has 9 heteroatoms. The maximum Gasteiger partial charge on any atom is 0.287 e. The van der Waals surface area contributed by atoms with Crippen molar-refractivity contribution in [1.82, 2.24) is 13.9 Å². The van der Waals surface area contributed by atoms with Crippen molar-refractivity contribution in [3.05, 3.63) is 86.9 Å². The van der Waals surface area contributed by atoms with Crippen molar-refractivity contribution < 1.29 is 8.78 Å². The fraction of sp³-hybridized carbons (Fsp3) is 0.217. The van der Waals surface area contributed by atoms with E-state index in [0.29, 0.717) is 27.5 Å². The van der Waals surface area contributed by atoms with Gasteiger partial charge in [-0.3, -0.25) is 3.97 Å². The summed E-state index contributed by atoms with van der Waals surface area (Å²) >= 11 is 21.1. The Morgan fingerprint density at radius 1 is 1.06 bits per heavy atom. The Hall–Kier alpha value is -1.86. The Morgan fingerprint density at radius 3 is 2.41 bits per heavy atom. The van der Waals surface area contributed by atoms with Crippen LogP contribution in [0.1, 0.15) is 40.4 Å². The maximum atomic E-state index is 14.2. The lowest BCUT2D eigenvalue weighted by Crippen LogP contribution is -2.11. The number of hydrogen-bond donors (Lipinski definition) is 0. The van der Waals surface area contributed by atoms with Crippen LogP contribution in [0, 0.1) is 13.8 Å². The third-order valence-corrected chi connectivity index (χ3v) is 7.34. The summed E-state index contributed by atoms with van der Waals surface area (Å²) in [6, 6.07) is 12.8. The van der Waals surface area contributed by atoms with E-state index in [0.717, 1.165) is 22.8 Å². The molecular formula is C23H18Cl3F2N3S. The lowest BCUT2D eigenvalue weighted by molar-refractivity contribution is 0.0130. The summed E-state index contributed by atoms with van der Waals surface area (Å²) in [5.74, 6) is -3.08. The van der Waals surface area contributed by atoms with Crippen LogP contribution in [0.4, 0.5) is 8.78 Å². The summed E-state index contributed by atoms with van der Waals surface area (Å²) in [6.07, 6.45) is 1.58. The number of hydrogen-bond acceptors (Lipinski definition) is 3. The molecule has 0 aliphatic heterocycles. The number of alkyl halides is 3. The first-order valence-corrected chi connectivity index (χ1v) is 11.6. The molecule has 0 saturated carbocycles. The van der Waals surface area contributed by atoms with Crippen molar-refractivity contribution in [1.29, 1.82) is 0 Å². The summed E-state index contributed by atoms with van der Waals surface area (Å²) in [6.45, 7) is 4.42. The van der Waals surface area contributed by atoms with Crippen LogP contribution in [0.15, 0.2) is 53.6 Å². The Kier molecular flexibility index (Phi) is 6.43. The highest BCUT2D eigenvalue weighted by atomic mass is 35.5. The molecule has 0 amide bonds. The van der Waals surface area contributed by atoms with Gasteiger partial charge in [0.15, 0.2) is 5.65 Å². The van der Waals surface area contributed by atoms with Gasteiger partial charge in [-0.05, 0) is 61.2 Å². The first-order chi connectivity index (χ1) is 15.1. The van der Waals surface area contributed by atoms with Crippen LogP contribution in [0.5, 0.6) is 0 Å². The number of aryl methyl sites for hydroxylation is 2. The highest BCUT2D eigenvalue weighted by Crippen LogP contribution is 2.43. The standard InChI is InChI=1S/C23H18Cl3F2N3S/c1-12-9-17(23(3,27)28)30-22-15(12)10-16(31(22)32-14-7-5-4-6-8-14)20(25)18-19(24)13(2)11-29-21(18)26/h4-11,20H,1-3H3. The highest BCUT2D eigenvalue weighted by molar-refractivity contribution is 7.98. The van der Waals surface area contributed by atoms with E-state index in [4.69, 9.17) is 34.8 Å². The molecule has 3 heterocycles. The topological polar surface area (TPSA) is 30.7 Å². The molecule has 3 nitrogen and oxygen atoms in total. The normalized spacial score (nSPS) is 13.0. The summed E-state index contributed by atoms with van der Waals surface area (Å²) in [5, 5.41) is 0.539. The van der Waals surface area contributed by atoms with Crippen molar-refractivity contribution in [3.8, 4) is 0 Å². The van der Waals surface area contributed by atoms with Gasteiger partial charge >= 0.3 is 0 Å². The molecule has 32 heavy (non-hydrogen) atoms. The van der Waals surface area contributed by atoms with Crippen LogP contribution < -0.4 is 0 Å². The summed E-state index contributed by atoms with van der Waals surface area (Å²) in [5.41, 5.74) is 2.57. The minimum atomic E-state index is -3.08. The Bertz CT molecular complexity index is 1300. The molecule has 166 valence electrons. The minimum Gasteiger partial charge on any atom is -0.266 e. The molecule has 3 aromatic heterocycles. The molecule has 4 rings (SSSR count). The molecule has 0 N–H and O–H groups in total. The zero-order valence-electron chi connectivity index (χ0n) is 17.3. The predicted octanol–water partition coefficient (Wildman–Crippen LogP) is 8.35. The van der Waals surface area contributed by atoms with Gasteiger partial charge in [0.25, 0.3) is 5.92 Å². The Labute approximate surface area is 203 Å². The first-order valence-electron chi connectivity index (χ1n) is 9.67. The summed E-state index contributed by atoms with van der Waals surface area (Å²) in [4.78, 5) is 9.39. The van der Waals surface area contributed by atoms with E-state index in [1.165, 1.54) is 18.0 Å². The Morgan fingerprint density at radius 2 is 1.75 bits per heavy atom. The molecule has 0 radical (unpaired) electrons. The average molecular weight is 513 g/mol. The van der Waals surface area contributed by atoms with Gasteiger partial charge in [-0.15, -0.1) is 11.6 Å². The van der Waals surface area contributed by atoms with Gasteiger partial charge < -0.3 is 0 Å². The Balaban J connectivity index is 1.99. The van der Waals surface area contributed by atoms with Gasteiger partial charge in [0.1, 0.15) is 16.2 Å². The average Bonchev–Trinajstić information content (AvgIpc) is 3.10. The van der Waals surface area contributed by atoms with Crippen molar-refractivity contribution in [3.63, 3.8) is 0 Å². The number of halogens is 5. The van der Waals surface area contributed by atoms with E-state index >= 15 is 0 Å². The monoisotopic (exact) mass is 511 g/mol. The molecule has 0 saturated heterocycles. The number of rotatable bonds is 5. The van der Waals surface area contributed by atoms with Crippen LogP contribution >= 0.6 is 46.8 Å². The van der Waals surface area contributed by atoms with Gasteiger partial charge in [0, 0.05) is 29.0 Å². The van der Waals surface area contributed by atoms with Crippen molar-refractivity contribution in [2.45, 2.75) is 37.0 Å². The molecule has 0 spiro atoms. The fourth-order valence-corrected chi connectivity index (χ4v) is 5.43. The zero-order chi connectivity index (χ0) is 23.2. The molecular weight excluding hydrogens is 495 g/mol. The van der Waals surface area contributed by atoms with Crippen LogP contribution in [0.25, 0.3) is 11.0 Å². The fourth-order valence-electron chi connectivity index (χ4n) is 3.36. The highest BCUT2D eigenvalue weighted by Gasteiger charge is 2.30. The lowest BCUT2D eigenvalue weighted by atomic mass is 10.1. The SMILES string of the molecule is Cc1cnc(Cl)c(C(Cl)c2cc3c(C)cc(C(C)(F)F)nc3n2Sc2ccccc2)c1Cl. The van der Waals surface area contributed by atoms with Gasteiger partial charge in [-0.25, -0.2) is 9.97 Å². The van der Waals surface area contributed by atoms with Crippen molar-refractivity contribution >= 4 is 57.8 Å². The molecule has 0 bridgehead atoms. The van der Waals surface area contributed by atoms with Gasteiger partial charge in [0.05, 0.1) is 10.7 Å². The van der Waals surface area contributed by atoms with Gasteiger partial charge in [-0.2, -0.15) is 8.78 Å². The molecule has 1 atom stereocenters. The second-order valence-electron chi connectivity index (χ2n) is 7.54. The largest absolute Gasteiger partial charge is 0.287 e. The van der Waals surface area contributed by atoms with E-state index < -0.39 is 11.3 Å². The van der Waals surface area contributed by atoms with Gasteiger partial charge in [-0.1, -0.05) is 41.4 Å². The summed E-state index contributed by atoms with van der Waals surface area (Å²) in [7, 11) is 0. The molecule has 1 aromatic carbocycles. The number of pyridine rings is 2. The smallest absolute Gasteiger partial charge is 0.266 e. The first kappa shape index (κ1) is 23.3.